The van der Waals surface area contributed by atoms with Gasteiger partial charge in [-0.1, -0.05) is 57.2 Å². The number of aryl methyl sites for hydroxylation is 1. The summed E-state index contributed by atoms with van der Waals surface area (Å²) in [6, 6.07) is 4.02. The fourth-order valence-corrected chi connectivity index (χ4v) is 5.57. The molecule has 5 unspecified atom stereocenters. The monoisotopic (exact) mass is 410 g/mol. The Morgan fingerprint density at radius 3 is 2.77 bits per heavy atom. The zero-order valence-corrected chi connectivity index (χ0v) is 19.1. The van der Waals surface area contributed by atoms with E-state index in [1.165, 1.54) is 11.1 Å². The van der Waals surface area contributed by atoms with Crippen molar-refractivity contribution in [2.75, 3.05) is 6.54 Å². The van der Waals surface area contributed by atoms with Crippen LogP contribution in [-0.2, 0) is 5.41 Å². The molecule has 1 fully saturated rings. The van der Waals surface area contributed by atoms with Gasteiger partial charge in [-0.25, -0.2) is 0 Å². The predicted molar refractivity (Wildman–Crippen MR) is 125 cm³/mol. The fraction of sp³-hybridized carbons (Fsp3) is 0.538. The van der Waals surface area contributed by atoms with Crippen LogP contribution in [0.5, 0.6) is 11.5 Å². The number of benzene rings is 1. The Hall–Kier alpha value is -2.04. The van der Waals surface area contributed by atoms with Gasteiger partial charge in [-0.05, 0) is 56.2 Å². The average molecular weight is 411 g/mol. The summed E-state index contributed by atoms with van der Waals surface area (Å²) < 4.78 is 6.46. The molecule has 4 N–H and O–H groups in total. The minimum absolute atomic E-state index is 0.0369. The Morgan fingerprint density at radius 1 is 1.27 bits per heavy atom. The second-order valence-electron chi connectivity index (χ2n) is 8.77. The lowest BCUT2D eigenvalue weighted by Gasteiger charge is -2.48. The minimum Gasteiger partial charge on any atom is -0.504 e. The molecule has 0 bridgehead atoms. The molecule has 0 radical (unpaired) electrons. The number of phenolic OH excluding ortho intramolecular Hbond substituents is 1. The third kappa shape index (κ3) is 3.95. The summed E-state index contributed by atoms with van der Waals surface area (Å²) in [5.41, 5.74) is 9.82. The molecule has 164 valence electrons. The molecule has 3 aliphatic rings. The standard InChI is InChI=1S/C24H32N2O2.C2H6/c1-15-10-13-20(27)22-21(15)24(3)18(16(2)25)11-12-19(23(24)28-22)26-14-17-8-6-4-5-7-9-17;1-2/h4,6-10,13,16,18-19,23,26-27H,5,11-12,14,25H2,1-3H3;1-2H3. The van der Waals surface area contributed by atoms with E-state index in [1.807, 2.05) is 19.9 Å². The van der Waals surface area contributed by atoms with Crippen molar-refractivity contribution < 1.29 is 9.84 Å². The number of rotatable bonds is 4. The van der Waals surface area contributed by atoms with Gasteiger partial charge in [0.1, 0.15) is 6.10 Å². The molecule has 4 rings (SSSR count). The Balaban J connectivity index is 0.00000124. The summed E-state index contributed by atoms with van der Waals surface area (Å²) in [4.78, 5) is 0. The van der Waals surface area contributed by atoms with Gasteiger partial charge < -0.3 is 20.9 Å². The first-order valence-corrected chi connectivity index (χ1v) is 11.4. The summed E-state index contributed by atoms with van der Waals surface area (Å²) in [5.74, 6) is 1.21. The van der Waals surface area contributed by atoms with E-state index in [9.17, 15) is 5.11 Å². The lowest BCUT2D eigenvalue weighted by molar-refractivity contribution is 0.0263. The van der Waals surface area contributed by atoms with Gasteiger partial charge in [0, 0.05) is 29.6 Å². The summed E-state index contributed by atoms with van der Waals surface area (Å²) in [7, 11) is 0. The zero-order chi connectivity index (χ0) is 21.9. The van der Waals surface area contributed by atoms with Crippen molar-refractivity contribution in [3.05, 3.63) is 59.2 Å². The van der Waals surface area contributed by atoms with E-state index >= 15 is 0 Å². The number of fused-ring (bicyclic) bond motifs is 3. The molecule has 1 aliphatic heterocycles. The highest BCUT2D eigenvalue weighted by molar-refractivity contribution is 5.58. The molecule has 1 heterocycles. The molecular weight excluding hydrogens is 372 g/mol. The van der Waals surface area contributed by atoms with Gasteiger partial charge in [0.25, 0.3) is 0 Å². The van der Waals surface area contributed by atoms with E-state index in [1.54, 1.807) is 6.07 Å². The highest BCUT2D eigenvalue weighted by Gasteiger charge is 2.57. The van der Waals surface area contributed by atoms with Crippen LogP contribution >= 0.6 is 0 Å². The number of nitrogens with two attached hydrogens (primary N) is 1. The maximum absolute atomic E-state index is 10.5. The first kappa shape index (κ1) is 22.6. The number of hydrogen-bond acceptors (Lipinski definition) is 4. The normalized spacial score (nSPS) is 30.2. The number of aromatic hydroxyl groups is 1. The fourth-order valence-electron chi connectivity index (χ4n) is 5.57. The average Bonchev–Trinajstić information content (AvgIpc) is 2.88. The zero-order valence-electron chi connectivity index (χ0n) is 19.1. The van der Waals surface area contributed by atoms with Crippen molar-refractivity contribution in [3.8, 4) is 11.5 Å². The van der Waals surface area contributed by atoms with Crippen LogP contribution in [-0.4, -0.2) is 29.8 Å². The molecular formula is C26H38N2O2. The second-order valence-corrected chi connectivity index (χ2v) is 8.77. The third-order valence-electron chi connectivity index (χ3n) is 6.90. The molecule has 0 spiro atoms. The highest BCUT2D eigenvalue weighted by atomic mass is 16.5. The summed E-state index contributed by atoms with van der Waals surface area (Å²) in [6.07, 6.45) is 13.9. The van der Waals surface area contributed by atoms with E-state index < -0.39 is 0 Å². The molecule has 1 saturated carbocycles. The van der Waals surface area contributed by atoms with Gasteiger partial charge in [-0.2, -0.15) is 0 Å². The third-order valence-corrected chi connectivity index (χ3v) is 6.90. The lowest BCUT2D eigenvalue weighted by Crippen LogP contribution is -2.60. The van der Waals surface area contributed by atoms with E-state index in [-0.39, 0.29) is 29.4 Å². The molecule has 0 amide bonds. The van der Waals surface area contributed by atoms with Crippen LogP contribution in [0.3, 0.4) is 0 Å². The maximum atomic E-state index is 10.5. The summed E-state index contributed by atoms with van der Waals surface area (Å²) in [6.45, 7) is 11.3. The number of allylic oxidation sites excluding steroid dienone is 4. The number of phenols is 1. The molecule has 4 heteroatoms. The second kappa shape index (κ2) is 9.40. The van der Waals surface area contributed by atoms with E-state index in [2.05, 4.69) is 56.5 Å². The Morgan fingerprint density at radius 2 is 2.03 bits per heavy atom. The van der Waals surface area contributed by atoms with Crippen molar-refractivity contribution in [2.45, 2.75) is 77.5 Å². The van der Waals surface area contributed by atoms with Crippen LogP contribution in [0, 0.1) is 12.8 Å². The van der Waals surface area contributed by atoms with Crippen molar-refractivity contribution in [3.63, 3.8) is 0 Å². The molecule has 5 atom stereocenters. The van der Waals surface area contributed by atoms with Gasteiger partial charge in [-0.15, -0.1) is 0 Å². The lowest BCUT2D eigenvalue weighted by atomic mass is 9.59. The molecule has 1 aromatic rings. The summed E-state index contributed by atoms with van der Waals surface area (Å²) in [5, 5.41) is 14.2. The molecule has 0 aromatic heterocycles. The Labute approximate surface area is 181 Å². The Kier molecular flexibility index (Phi) is 7.10. The van der Waals surface area contributed by atoms with Gasteiger partial charge in [0.05, 0.1) is 0 Å². The number of hydrogen-bond donors (Lipinski definition) is 3. The van der Waals surface area contributed by atoms with Gasteiger partial charge in [0.15, 0.2) is 11.5 Å². The van der Waals surface area contributed by atoms with E-state index in [0.717, 1.165) is 31.4 Å². The number of nitrogens with one attached hydrogen (secondary N) is 1. The maximum Gasteiger partial charge on any atom is 0.165 e. The molecule has 1 aromatic carbocycles. The van der Waals surface area contributed by atoms with Gasteiger partial charge in [0.2, 0.25) is 0 Å². The Bertz CT molecular complexity index is 840. The van der Waals surface area contributed by atoms with Crippen molar-refractivity contribution in [1.82, 2.24) is 5.32 Å². The van der Waals surface area contributed by atoms with Crippen LogP contribution in [0.2, 0.25) is 0 Å². The minimum atomic E-state index is -0.212. The van der Waals surface area contributed by atoms with Crippen LogP contribution < -0.4 is 15.8 Å². The van der Waals surface area contributed by atoms with Crippen molar-refractivity contribution in [2.24, 2.45) is 11.7 Å². The quantitative estimate of drug-likeness (QED) is 0.660. The predicted octanol–water partition coefficient (Wildman–Crippen LogP) is 4.90. The van der Waals surface area contributed by atoms with E-state index in [0.29, 0.717) is 11.7 Å². The van der Waals surface area contributed by atoms with Crippen molar-refractivity contribution >= 4 is 0 Å². The SMILES string of the molecule is CC.Cc1ccc(O)c2c1C1(C)C(C(C)N)CCC(NCC3=CC=CCC=C3)C1O2. The first-order valence-electron chi connectivity index (χ1n) is 11.4. The molecule has 30 heavy (non-hydrogen) atoms. The summed E-state index contributed by atoms with van der Waals surface area (Å²) >= 11 is 0. The van der Waals surface area contributed by atoms with Crippen LogP contribution in [0.25, 0.3) is 0 Å². The molecule has 0 saturated heterocycles. The van der Waals surface area contributed by atoms with Crippen LogP contribution in [0.1, 0.15) is 58.1 Å². The number of ether oxygens (including phenoxy) is 1. The smallest absolute Gasteiger partial charge is 0.165 e. The van der Waals surface area contributed by atoms with Crippen LogP contribution in [0.15, 0.2) is 48.1 Å². The first-order chi connectivity index (χ1) is 14.4. The van der Waals surface area contributed by atoms with Crippen LogP contribution in [0.4, 0.5) is 0 Å². The topological polar surface area (TPSA) is 67.5 Å². The van der Waals surface area contributed by atoms with Gasteiger partial charge in [-0.3, -0.25) is 0 Å². The van der Waals surface area contributed by atoms with Gasteiger partial charge >= 0.3 is 0 Å². The molecule has 2 aliphatic carbocycles. The molecule has 4 nitrogen and oxygen atoms in total. The largest absolute Gasteiger partial charge is 0.504 e. The van der Waals surface area contributed by atoms with E-state index in [4.69, 9.17) is 10.5 Å². The highest BCUT2D eigenvalue weighted by Crippen LogP contribution is 2.57. The van der Waals surface area contributed by atoms with Crippen molar-refractivity contribution in [1.29, 1.82) is 0 Å².